The van der Waals surface area contributed by atoms with E-state index in [4.69, 9.17) is 4.74 Å². The first-order valence-electron chi connectivity index (χ1n) is 12.1. The van der Waals surface area contributed by atoms with Gasteiger partial charge < -0.3 is 4.74 Å². The molecule has 0 aliphatic heterocycles. The van der Waals surface area contributed by atoms with Gasteiger partial charge in [-0.25, -0.2) is 4.79 Å². The summed E-state index contributed by atoms with van der Waals surface area (Å²) in [5, 5.41) is 0. The third-order valence-corrected chi connectivity index (χ3v) is 6.60. The number of aryl methyl sites for hydroxylation is 1. The van der Waals surface area contributed by atoms with Gasteiger partial charge in [-0.15, -0.1) is 0 Å². The minimum Gasteiger partial charge on any atom is -0.423 e. The van der Waals surface area contributed by atoms with Crippen molar-refractivity contribution >= 4 is 5.97 Å². The first kappa shape index (κ1) is 22.6. The third kappa shape index (κ3) is 6.72. The van der Waals surface area contributed by atoms with Crippen LogP contribution in [0.5, 0.6) is 5.75 Å². The van der Waals surface area contributed by atoms with Gasteiger partial charge in [0.2, 0.25) is 0 Å². The molecule has 30 heavy (non-hydrogen) atoms. The van der Waals surface area contributed by atoms with E-state index in [1.54, 1.807) is 0 Å². The van der Waals surface area contributed by atoms with Gasteiger partial charge in [-0.3, -0.25) is 0 Å². The molecule has 2 heteroatoms. The van der Waals surface area contributed by atoms with Crippen molar-refractivity contribution in [3.05, 3.63) is 65.2 Å². The second-order valence-electron chi connectivity index (χ2n) is 8.97. The summed E-state index contributed by atoms with van der Waals surface area (Å²) in [5.74, 6) is 1.94. The van der Waals surface area contributed by atoms with E-state index in [1.165, 1.54) is 68.9 Å². The van der Waals surface area contributed by atoms with E-state index in [9.17, 15) is 4.79 Å². The largest absolute Gasteiger partial charge is 0.423 e. The highest BCUT2D eigenvalue weighted by Gasteiger charge is 2.22. The fourth-order valence-electron chi connectivity index (χ4n) is 4.71. The molecule has 1 saturated carbocycles. The Morgan fingerprint density at radius 1 is 0.833 bits per heavy atom. The van der Waals surface area contributed by atoms with Crippen molar-refractivity contribution in [3.63, 3.8) is 0 Å². The Kier molecular flexibility index (Phi) is 8.99. The Balaban J connectivity index is 1.46. The fourth-order valence-corrected chi connectivity index (χ4v) is 4.71. The highest BCUT2D eigenvalue weighted by molar-refractivity contribution is 5.91. The number of hydrogen-bond acceptors (Lipinski definition) is 2. The normalized spacial score (nSPS) is 18.9. The van der Waals surface area contributed by atoms with E-state index < -0.39 is 0 Å². The highest BCUT2D eigenvalue weighted by atomic mass is 16.5. The zero-order chi connectivity index (χ0) is 21.2. The Bertz CT molecular complexity index is 752. The Hall–Kier alpha value is -2.09. The Morgan fingerprint density at radius 2 is 1.53 bits per heavy atom. The molecule has 0 radical (unpaired) electrons. The predicted octanol–water partition coefficient (Wildman–Crippen LogP) is 8.10. The van der Waals surface area contributed by atoms with Gasteiger partial charge in [0.15, 0.2) is 0 Å². The lowest BCUT2D eigenvalue weighted by Crippen LogP contribution is -2.13. The molecule has 162 valence electrons. The van der Waals surface area contributed by atoms with Crippen LogP contribution in [0.25, 0.3) is 0 Å². The molecule has 0 atom stereocenters. The number of rotatable bonds is 10. The number of esters is 1. The maximum absolute atomic E-state index is 12.4. The summed E-state index contributed by atoms with van der Waals surface area (Å²) < 4.78 is 5.58. The van der Waals surface area contributed by atoms with Gasteiger partial charge in [0, 0.05) is 0 Å². The summed E-state index contributed by atoms with van der Waals surface area (Å²) in [5.41, 5.74) is 3.26. The second-order valence-corrected chi connectivity index (χ2v) is 8.97. The summed E-state index contributed by atoms with van der Waals surface area (Å²) in [6, 6.07) is 16.0. The maximum Gasteiger partial charge on any atom is 0.343 e. The quantitative estimate of drug-likeness (QED) is 0.226. The molecule has 0 aromatic heterocycles. The van der Waals surface area contributed by atoms with E-state index >= 15 is 0 Å². The van der Waals surface area contributed by atoms with Gasteiger partial charge in [-0.1, -0.05) is 76.6 Å². The molecule has 2 aromatic carbocycles. The molecule has 0 unspecified atom stereocenters. The van der Waals surface area contributed by atoms with Crippen LogP contribution < -0.4 is 4.74 Å². The number of carbonyl (C=O) groups is 1. The highest BCUT2D eigenvalue weighted by Crippen LogP contribution is 2.38. The molecule has 0 N–H and O–H groups in total. The minimum absolute atomic E-state index is 0.283. The van der Waals surface area contributed by atoms with Crippen molar-refractivity contribution in [3.8, 4) is 5.75 Å². The van der Waals surface area contributed by atoms with Crippen LogP contribution in [0.4, 0.5) is 0 Å². The van der Waals surface area contributed by atoms with Crippen molar-refractivity contribution in [1.29, 1.82) is 0 Å². The number of carbonyl (C=O) groups excluding carboxylic acids is 1. The molecule has 3 rings (SSSR count). The van der Waals surface area contributed by atoms with Crippen molar-refractivity contribution in [1.82, 2.24) is 0 Å². The predicted molar refractivity (Wildman–Crippen MR) is 125 cm³/mol. The van der Waals surface area contributed by atoms with Crippen LogP contribution in [-0.4, -0.2) is 5.97 Å². The monoisotopic (exact) mass is 406 g/mol. The standard InChI is InChI=1S/C28H38O2/c1-3-5-6-7-9-23-10-14-24(15-11-23)25-18-20-27(21-19-25)30-28(29)26-16-12-22(8-4-2)13-17-26/h12-13,16-21,23-24H,3-11,14-15H2,1-2H3. The smallest absolute Gasteiger partial charge is 0.343 e. The van der Waals surface area contributed by atoms with E-state index in [1.807, 2.05) is 36.4 Å². The van der Waals surface area contributed by atoms with Crippen LogP contribution >= 0.6 is 0 Å². The number of hydrogen-bond donors (Lipinski definition) is 0. The van der Waals surface area contributed by atoms with Gasteiger partial charge in [0.25, 0.3) is 0 Å². The van der Waals surface area contributed by atoms with Crippen LogP contribution in [0.2, 0.25) is 0 Å². The number of unbranched alkanes of at least 4 members (excludes halogenated alkanes) is 3. The summed E-state index contributed by atoms with van der Waals surface area (Å²) in [6.45, 7) is 4.44. The third-order valence-electron chi connectivity index (χ3n) is 6.60. The molecule has 0 amide bonds. The van der Waals surface area contributed by atoms with Crippen LogP contribution in [0.3, 0.4) is 0 Å². The lowest BCUT2D eigenvalue weighted by molar-refractivity contribution is 0.0734. The number of ether oxygens (including phenoxy) is 1. The topological polar surface area (TPSA) is 26.3 Å². The molecule has 2 nitrogen and oxygen atoms in total. The lowest BCUT2D eigenvalue weighted by atomic mass is 9.77. The molecule has 0 heterocycles. The Labute approximate surface area is 183 Å². The zero-order valence-corrected chi connectivity index (χ0v) is 18.9. The van der Waals surface area contributed by atoms with Crippen molar-refractivity contribution < 1.29 is 9.53 Å². The molecule has 2 aromatic rings. The molecule has 0 spiro atoms. The van der Waals surface area contributed by atoms with Crippen LogP contribution in [0.1, 0.15) is 105 Å². The van der Waals surface area contributed by atoms with Gasteiger partial charge in [0.05, 0.1) is 5.56 Å². The molecule has 1 aliphatic rings. The number of benzene rings is 2. The first-order valence-corrected chi connectivity index (χ1v) is 12.1. The molecule has 1 fully saturated rings. The first-order chi connectivity index (χ1) is 14.7. The average Bonchev–Trinajstić information content (AvgIpc) is 2.78. The van der Waals surface area contributed by atoms with Gasteiger partial charge >= 0.3 is 5.97 Å². The SMILES string of the molecule is CCCCCCC1CCC(c2ccc(OC(=O)c3ccc(CCC)cc3)cc2)CC1. The molecule has 0 saturated heterocycles. The van der Waals surface area contributed by atoms with E-state index in [0.717, 1.165) is 18.8 Å². The molecule has 1 aliphatic carbocycles. The fraction of sp³-hybridized carbons (Fsp3) is 0.536. The molecule has 0 bridgehead atoms. The van der Waals surface area contributed by atoms with Gasteiger partial charge in [-0.05, 0) is 79.3 Å². The van der Waals surface area contributed by atoms with Gasteiger partial charge in [0.1, 0.15) is 5.75 Å². The van der Waals surface area contributed by atoms with Crippen LogP contribution in [0.15, 0.2) is 48.5 Å². The molecular weight excluding hydrogens is 368 g/mol. The zero-order valence-electron chi connectivity index (χ0n) is 18.9. The maximum atomic E-state index is 12.4. The molecular formula is C28H38O2. The summed E-state index contributed by atoms with van der Waals surface area (Å²) in [4.78, 5) is 12.4. The Morgan fingerprint density at radius 3 is 2.17 bits per heavy atom. The van der Waals surface area contributed by atoms with E-state index in [0.29, 0.717) is 17.2 Å². The van der Waals surface area contributed by atoms with Crippen LogP contribution in [-0.2, 0) is 6.42 Å². The minimum atomic E-state index is -0.283. The summed E-state index contributed by atoms with van der Waals surface area (Å²) in [6.07, 6.45) is 14.4. The van der Waals surface area contributed by atoms with E-state index in [2.05, 4.69) is 26.0 Å². The van der Waals surface area contributed by atoms with E-state index in [-0.39, 0.29) is 5.97 Å². The van der Waals surface area contributed by atoms with Crippen molar-refractivity contribution in [2.75, 3.05) is 0 Å². The van der Waals surface area contributed by atoms with Crippen molar-refractivity contribution in [2.24, 2.45) is 5.92 Å². The average molecular weight is 407 g/mol. The van der Waals surface area contributed by atoms with Crippen LogP contribution in [0, 0.1) is 5.92 Å². The summed E-state index contributed by atoms with van der Waals surface area (Å²) >= 11 is 0. The van der Waals surface area contributed by atoms with Gasteiger partial charge in [-0.2, -0.15) is 0 Å². The summed E-state index contributed by atoms with van der Waals surface area (Å²) in [7, 11) is 0. The van der Waals surface area contributed by atoms with Crippen molar-refractivity contribution in [2.45, 2.75) is 90.4 Å². The second kappa shape index (κ2) is 11.9. The lowest BCUT2D eigenvalue weighted by Gasteiger charge is -2.29.